The first-order chi connectivity index (χ1) is 6.20. The molecule has 0 aromatic heterocycles. The molecule has 1 aliphatic rings. The zero-order valence-electron chi connectivity index (χ0n) is 7.33. The third kappa shape index (κ3) is 3.39. The van der Waals surface area contributed by atoms with E-state index in [1.165, 1.54) is 6.92 Å². The van der Waals surface area contributed by atoms with Crippen LogP contribution in [0.4, 0.5) is 0 Å². The Labute approximate surface area is 75.5 Å². The minimum atomic E-state index is -0.624. The van der Waals surface area contributed by atoms with Crippen molar-refractivity contribution in [1.82, 2.24) is 10.9 Å². The van der Waals surface area contributed by atoms with Crippen LogP contribution in [0, 0.1) is 0 Å². The summed E-state index contributed by atoms with van der Waals surface area (Å²) in [7, 11) is 0. The van der Waals surface area contributed by atoms with Gasteiger partial charge in [-0.3, -0.25) is 20.4 Å². The molecule has 1 saturated heterocycles. The fourth-order valence-electron chi connectivity index (χ4n) is 0.869. The van der Waals surface area contributed by atoms with Gasteiger partial charge in [0.25, 0.3) is 5.91 Å². The van der Waals surface area contributed by atoms with Crippen LogP contribution < -0.4 is 10.9 Å². The quantitative estimate of drug-likeness (QED) is 0.494. The van der Waals surface area contributed by atoms with Crippen molar-refractivity contribution in [2.75, 3.05) is 19.8 Å². The predicted octanol–water partition coefficient (Wildman–Crippen LogP) is -1.43. The van der Waals surface area contributed by atoms with Crippen molar-refractivity contribution in [1.29, 1.82) is 0 Å². The van der Waals surface area contributed by atoms with Crippen molar-refractivity contribution < 1.29 is 19.1 Å². The lowest BCUT2D eigenvalue weighted by molar-refractivity contribution is -0.149. The van der Waals surface area contributed by atoms with Crippen LogP contribution in [0.25, 0.3) is 0 Å². The molecular weight excluding hydrogens is 176 g/mol. The summed E-state index contributed by atoms with van der Waals surface area (Å²) in [5, 5.41) is 0. The van der Waals surface area contributed by atoms with Gasteiger partial charge in [0.05, 0.1) is 19.8 Å². The second-order valence-corrected chi connectivity index (χ2v) is 2.60. The van der Waals surface area contributed by atoms with E-state index in [0.717, 1.165) is 0 Å². The molecule has 1 fully saturated rings. The number of hydrazine groups is 1. The molecule has 1 aliphatic heterocycles. The van der Waals surface area contributed by atoms with Gasteiger partial charge in [-0.25, -0.2) is 0 Å². The summed E-state index contributed by atoms with van der Waals surface area (Å²) in [4.78, 5) is 21.6. The van der Waals surface area contributed by atoms with Crippen LogP contribution in [0.5, 0.6) is 0 Å². The maximum Gasteiger partial charge on any atom is 0.269 e. The number of amides is 2. The average Bonchev–Trinajstić information content (AvgIpc) is 2.15. The van der Waals surface area contributed by atoms with Crippen LogP contribution >= 0.6 is 0 Å². The summed E-state index contributed by atoms with van der Waals surface area (Å²) in [6.45, 7) is 2.44. The molecule has 0 aliphatic carbocycles. The number of hydrogen-bond donors (Lipinski definition) is 2. The van der Waals surface area contributed by atoms with E-state index in [1.807, 2.05) is 0 Å². The minimum absolute atomic E-state index is 0.228. The fraction of sp³-hybridized carbons (Fsp3) is 0.714. The predicted molar refractivity (Wildman–Crippen MR) is 42.5 cm³/mol. The molecule has 1 rings (SSSR count). The molecule has 1 atom stereocenters. The molecule has 0 radical (unpaired) electrons. The van der Waals surface area contributed by atoms with Crippen molar-refractivity contribution in [3.63, 3.8) is 0 Å². The van der Waals surface area contributed by atoms with Crippen molar-refractivity contribution in [2.24, 2.45) is 0 Å². The topological polar surface area (TPSA) is 76.7 Å². The second kappa shape index (κ2) is 4.78. The van der Waals surface area contributed by atoms with Gasteiger partial charge < -0.3 is 9.47 Å². The Morgan fingerprint density at radius 1 is 1.31 bits per heavy atom. The van der Waals surface area contributed by atoms with Crippen molar-refractivity contribution >= 4 is 11.8 Å². The smallest absolute Gasteiger partial charge is 0.269 e. The van der Waals surface area contributed by atoms with E-state index in [4.69, 9.17) is 9.47 Å². The number of carbonyl (C=O) groups is 2. The number of hydrogen-bond acceptors (Lipinski definition) is 4. The molecule has 0 aromatic rings. The lowest BCUT2D eigenvalue weighted by Gasteiger charge is -2.21. The van der Waals surface area contributed by atoms with Gasteiger partial charge in [-0.2, -0.15) is 0 Å². The van der Waals surface area contributed by atoms with Crippen LogP contribution in [0.3, 0.4) is 0 Å². The van der Waals surface area contributed by atoms with E-state index in [9.17, 15) is 9.59 Å². The van der Waals surface area contributed by atoms with Crippen molar-refractivity contribution in [3.8, 4) is 0 Å². The van der Waals surface area contributed by atoms with E-state index >= 15 is 0 Å². The van der Waals surface area contributed by atoms with Crippen LogP contribution in [0.2, 0.25) is 0 Å². The summed E-state index contributed by atoms with van der Waals surface area (Å²) in [6.07, 6.45) is -0.624. The van der Waals surface area contributed by atoms with E-state index in [1.54, 1.807) is 0 Å². The monoisotopic (exact) mass is 188 g/mol. The van der Waals surface area contributed by atoms with Gasteiger partial charge in [0, 0.05) is 6.92 Å². The molecule has 6 heteroatoms. The Kier molecular flexibility index (Phi) is 3.66. The number of nitrogens with one attached hydrogen (secondary N) is 2. The lowest BCUT2D eigenvalue weighted by atomic mass is 10.3. The molecule has 1 heterocycles. The molecule has 13 heavy (non-hydrogen) atoms. The summed E-state index contributed by atoms with van der Waals surface area (Å²) >= 11 is 0. The van der Waals surface area contributed by atoms with Gasteiger partial charge in [-0.15, -0.1) is 0 Å². The second-order valence-electron chi connectivity index (χ2n) is 2.60. The number of ether oxygens (including phenoxy) is 2. The summed E-state index contributed by atoms with van der Waals surface area (Å²) in [5.74, 6) is -0.722. The third-order valence-electron chi connectivity index (χ3n) is 1.47. The van der Waals surface area contributed by atoms with Gasteiger partial charge in [-0.1, -0.05) is 0 Å². The Bertz CT molecular complexity index is 201. The highest BCUT2D eigenvalue weighted by Crippen LogP contribution is 1.99. The third-order valence-corrected chi connectivity index (χ3v) is 1.47. The first-order valence-electron chi connectivity index (χ1n) is 3.96. The highest BCUT2D eigenvalue weighted by atomic mass is 16.6. The molecule has 2 amide bonds. The SMILES string of the molecule is CC(=O)NNC(=O)C1COCCO1. The molecule has 0 bridgehead atoms. The van der Waals surface area contributed by atoms with Crippen LogP contribution in [0.15, 0.2) is 0 Å². The lowest BCUT2D eigenvalue weighted by Crippen LogP contribution is -2.49. The molecular formula is C7H12N2O4. The Balaban J connectivity index is 2.25. The molecule has 74 valence electrons. The van der Waals surface area contributed by atoms with Crippen LogP contribution in [-0.4, -0.2) is 37.7 Å². The van der Waals surface area contributed by atoms with Crippen molar-refractivity contribution in [2.45, 2.75) is 13.0 Å². The molecule has 2 N–H and O–H groups in total. The van der Waals surface area contributed by atoms with Gasteiger partial charge in [0.15, 0.2) is 6.10 Å². The molecule has 0 spiro atoms. The number of carbonyl (C=O) groups excluding carboxylic acids is 2. The largest absolute Gasteiger partial charge is 0.376 e. The minimum Gasteiger partial charge on any atom is -0.376 e. The van der Waals surface area contributed by atoms with E-state index in [2.05, 4.69) is 10.9 Å². The normalized spacial score (nSPS) is 22.1. The van der Waals surface area contributed by atoms with E-state index in [0.29, 0.717) is 13.2 Å². The summed E-state index contributed by atoms with van der Waals surface area (Å²) in [5.41, 5.74) is 4.38. The van der Waals surface area contributed by atoms with E-state index < -0.39 is 12.0 Å². The van der Waals surface area contributed by atoms with Crippen LogP contribution in [-0.2, 0) is 19.1 Å². The Morgan fingerprint density at radius 2 is 2.08 bits per heavy atom. The molecule has 6 nitrogen and oxygen atoms in total. The zero-order valence-corrected chi connectivity index (χ0v) is 7.33. The van der Waals surface area contributed by atoms with Gasteiger partial charge in [-0.05, 0) is 0 Å². The fourth-order valence-corrected chi connectivity index (χ4v) is 0.869. The summed E-state index contributed by atoms with van der Waals surface area (Å²) in [6, 6.07) is 0. The molecule has 0 saturated carbocycles. The Morgan fingerprint density at radius 3 is 2.62 bits per heavy atom. The maximum atomic E-state index is 11.2. The zero-order chi connectivity index (χ0) is 9.68. The average molecular weight is 188 g/mol. The summed E-state index contributed by atoms with van der Waals surface area (Å²) < 4.78 is 10.1. The first-order valence-corrected chi connectivity index (χ1v) is 3.96. The Hall–Kier alpha value is -1.14. The van der Waals surface area contributed by atoms with Gasteiger partial charge in [0.1, 0.15) is 0 Å². The highest BCUT2D eigenvalue weighted by molar-refractivity contribution is 5.83. The number of rotatable bonds is 1. The van der Waals surface area contributed by atoms with Crippen LogP contribution in [0.1, 0.15) is 6.92 Å². The maximum absolute atomic E-state index is 11.2. The molecule has 1 unspecified atom stereocenters. The van der Waals surface area contributed by atoms with E-state index in [-0.39, 0.29) is 12.5 Å². The van der Waals surface area contributed by atoms with Gasteiger partial charge >= 0.3 is 0 Å². The first kappa shape index (κ1) is 9.94. The standard InChI is InChI=1S/C7H12N2O4/c1-5(10)8-9-7(11)6-4-12-2-3-13-6/h6H,2-4H2,1H3,(H,8,10)(H,9,11). The molecule has 0 aromatic carbocycles. The highest BCUT2D eigenvalue weighted by Gasteiger charge is 2.22. The van der Waals surface area contributed by atoms with Gasteiger partial charge in [0.2, 0.25) is 5.91 Å². The van der Waals surface area contributed by atoms with Crippen molar-refractivity contribution in [3.05, 3.63) is 0 Å².